The second-order valence-electron chi connectivity index (χ2n) is 6.91. The smallest absolute Gasteiger partial charge is 0.223 e. The van der Waals surface area contributed by atoms with Gasteiger partial charge in [-0.3, -0.25) is 9.78 Å². The zero-order valence-corrected chi connectivity index (χ0v) is 15.1. The molecule has 0 radical (unpaired) electrons. The van der Waals surface area contributed by atoms with E-state index in [1.165, 1.54) is 5.56 Å². The number of para-hydroxylation sites is 1. The monoisotopic (exact) mass is 352 g/mol. The molecule has 26 heavy (non-hydrogen) atoms. The third-order valence-corrected chi connectivity index (χ3v) is 5.29. The van der Waals surface area contributed by atoms with Gasteiger partial charge in [-0.1, -0.05) is 18.2 Å². The minimum Gasteiger partial charge on any atom is -0.493 e. The molecule has 0 bridgehead atoms. The largest absolute Gasteiger partial charge is 0.493 e. The molecule has 0 spiro atoms. The number of anilines is 1. The van der Waals surface area contributed by atoms with Crippen molar-refractivity contribution < 1.29 is 9.53 Å². The first-order valence-corrected chi connectivity index (χ1v) is 9.24. The van der Waals surface area contributed by atoms with Crippen LogP contribution in [0.1, 0.15) is 30.0 Å². The predicted octanol–water partition coefficient (Wildman–Crippen LogP) is 2.39. The molecule has 1 aromatic heterocycles. The maximum Gasteiger partial charge on any atom is 0.223 e. The summed E-state index contributed by atoms with van der Waals surface area (Å²) in [4.78, 5) is 25.8. The summed E-state index contributed by atoms with van der Waals surface area (Å²) in [6, 6.07) is 8.08. The van der Waals surface area contributed by atoms with Crippen LogP contribution in [0.4, 0.5) is 5.82 Å². The van der Waals surface area contributed by atoms with Crippen LogP contribution in [0.25, 0.3) is 0 Å². The van der Waals surface area contributed by atoms with Crippen LogP contribution >= 0.6 is 0 Å². The zero-order valence-electron chi connectivity index (χ0n) is 15.1. The summed E-state index contributed by atoms with van der Waals surface area (Å²) in [6.07, 6.45) is 4.90. The average molecular weight is 352 g/mol. The first-order valence-electron chi connectivity index (χ1n) is 9.24. The fourth-order valence-corrected chi connectivity index (χ4v) is 3.85. The predicted molar refractivity (Wildman–Crippen MR) is 99.5 cm³/mol. The summed E-state index contributed by atoms with van der Waals surface area (Å²) < 4.78 is 5.71. The van der Waals surface area contributed by atoms with Crippen LogP contribution in [0.2, 0.25) is 0 Å². The number of aromatic nitrogens is 2. The fourth-order valence-electron chi connectivity index (χ4n) is 3.85. The third kappa shape index (κ3) is 3.36. The Balaban J connectivity index is 1.37. The molecule has 1 atom stereocenters. The number of fused-ring (bicyclic) bond motifs is 1. The SMILES string of the molecule is Cc1nccnc1N1CCN(C(=O)CC2CCOc3ccccc32)CC1. The molecule has 2 aliphatic heterocycles. The van der Waals surface area contributed by atoms with Crippen LogP contribution in [0.5, 0.6) is 5.75 Å². The van der Waals surface area contributed by atoms with Crippen molar-refractivity contribution >= 4 is 11.7 Å². The van der Waals surface area contributed by atoms with Gasteiger partial charge in [0.15, 0.2) is 0 Å². The molecule has 3 heterocycles. The molecular weight excluding hydrogens is 328 g/mol. The Hall–Kier alpha value is -2.63. The van der Waals surface area contributed by atoms with Crippen molar-refractivity contribution in [1.82, 2.24) is 14.9 Å². The van der Waals surface area contributed by atoms with Crippen molar-refractivity contribution in [3.63, 3.8) is 0 Å². The van der Waals surface area contributed by atoms with E-state index in [0.29, 0.717) is 13.0 Å². The van der Waals surface area contributed by atoms with E-state index in [4.69, 9.17) is 4.74 Å². The molecule has 6 heteroatoms. The van der Waals surface area contributed by atoms with Gasteiger partial charge in [0.2, 0.25) is 5.91 Å². The number of ether oxygens (including phenoxy) is 1. The second kappa shape index (κ2) is 7.32. The highest BCUT2D eigenvalue weighted by molar-refractivity contribution is 5.77. The van der Waals surface area contributed by atoms with Gasteiger partial charge < -0.3 is 14.5 Å². The molecule has 1 amide bonds. The van der Waals surface area contributed by atoms with Crippen molar-refractivity contribution in [2.24, 2.45) is 0 Å². The van der Waals surface area contributed by atoms with Gasteiger partial charge in [0.05, 0.1) is 12.3 Å². The van der Waals surface area contributed by atoms with Gasteiger partial charge in [-0.15, -0.1) is 0 Å². The van der Waals surface area contributed by atoms with Gasteiger partial charge >= 0.3 is 0 Å². The van der Waals surface area contributed by atoms with E-state index in [0.717, 1.165) is 49.9 Å². The Morgan fingerprint density at radius 1 is 1.15 bits per heavy atom. The first-order chi connectivity index (χ1) is 12.7. The van der Waals surface area contributed by atoms with Crippen molar-refractivity contribution in [2.45, 2.75) is 25.7 Å². The highest BCUT2D eigenvalue weighted by Crippen LogP contribution is 2.35. The molecule has 1 saturated heterocycles. The molecule has 0 N–H and O–H groups in total. The Labute approximate surface area is 153 Å². The number of carbonyl (C=O) groups excluding carboxylic acids is 1. The standard InChI is InChI=1S/C20H24N4O2/c1-15-20(22-8-7-21-15)24-11-9-23(10-12-24)19(25)14-16-6-13-26-18-5-3-2-4-17(16)18/h2-5,7-8,16H,6,9-14H2,1H3. The van der Waals surface area contributed by atoms with E-state index < -0.39 is 0 Å². The van der Waals surface area contributed by atoms with Crippen molar-refractivity contribution in [3.8, 4) is 5.75 Å². The number of nitrogens with zero attached hydrogens (tertiary/aromatic N) is 4. The lowest BCUT2D eigenvalue weighted by atomic mass is 9.90. The summed E-state index contributed by atoms with van der Waals surface area (Å²) in [5.41, 5.74) is 2.10. The van der Waals surface area contributed by atoms with Crippen molar-refractivity contribution in [3.05, 3.63) is 47.9 Å². The normalized spacial score (nSPS) is 19.7. The van der Waals surface area contributed by atoms with E-state index >= 15 is 0 Å². The molecule has 2 aromatic rings. The molecule has 4 rings (SSSR count). The van der Waals surface area contributed by atoms with Gasteiger partial charge in [0.1, 0.15) is 11.6 Å². The number of amides is 1. The summed E-state index contributed by atoms with van der Waals surface area (Å²) >= 11 is 0. The van der Waals surface area contributed by atoms with Crippen molar-refractivity contribution in [2.75, 3.05) is 37.7 Å². The number of hydrogen-bond acceptors (Lipinski definition) is 5. The zero-order chi connectivity index (χ0) is 17.9. The third-order valence-electron chi connectivity index (χ3n) is 5.29. The molecule has 0 aliphatic carbocycles. The quantitative estimate of drug-likeness (QED) is 0.849. The number of aryl methyl sites for hydroxylation is 1. The fraction of sp³-hybridized carbons (Fsp3) is 0.450. The average Bonchev–Trinajstić information content (AvgIpc) is 2.69. The van der Waals surface area contributed by atoms with Crippen LogP contribution in [0, 0.1) is 6.92 Å². The number of rotatable bonds is 3. The lowest BCUT2D eigenvalue weighted by molar-refractivity contribution is -0.132. The van der Waals surface area contributed by atoms with Gasteiger partial charge in [-0.05, 0) is 30.9 Å². The lowest BCUT2D eigenvalue weighted by Gasteiger charge is -2.36. The van der Waals surface area contributed by atoms with E-state index in [9.17, 15) is 4.79 Å². The van der Waals surface area contributed by atoms with Crippen LogP contribution in [-0.2, 0) is 4.79 Å². The van der Waals surface area contributed by atoms with Crippen molar-refractivity contribution in [1.29, 1.82) is 0 Å². The Kier molecular flexibility index (Phi) is 4.73. The maximum atomic E-state index is 12.8. The molecule has 2 aliphatic rings. The van der Waals surface area contributed by atoms with E-state index in [1.807, 2.05) is 30.0 Å². The number of piperazine rings is 1. The minimum absolute atomic E-state index is 0.238. The highest BCUT2D eigenvalue weighted by atomic mass is 16.5. The van der Waals surface area contributed by atoms with Crippen LogP contribution < -0.4 is 9.64 Å². The summed E-state index contributed by atoms with van der Waals surface area (Å²) in [5, 5.41) is 0. The minimum atomic E-state index is 0.238. The van der Waals surface area contributed by atoms with Gasteiger partial charge in [0, 0.05) is 45.0 Å². The molecule has 1 aromatic carbocycles. The first kappa shape index (κ1) is 16.8. The molecule has 6 nitrogen and oxygen atoms in total. The Bertz CT molecular complexity index is 787. The lowest BCUT2D eigenvalue weighted by Crippen LogP contribution is -2.49. The number of hydrogen-bond donors (Lipinski definition) is 0. The second-order valence-corrected chi connectivity index (χ2v) is 6.91. The van der Waals surface area contributed by atoms with E-state index in [2.05, 4.69) is 20.9 Å². The highest BCUT2D eigenvalue weighted by Gasteiger charge is 2.28. The molecule has 0 saturated carbocycles. The Morgan fingerprint density at radius 3 is 2.73 bits per heavy atom. The van der Waals surface area contributed by atoms with E-state index in [1.54, 1.807) is 12.4 Å². The molecule has 1 fully saturated rings. The Morgan fingerprint density at radius 2 is 1.92 bits per heavy atom. The summed E-state index contributed by atoms with van der Waals surface area (Å²) in [5.74, 6) is 2.35. The maximum absolute atomic E-state index is 12.8. The number of benzene rings is 1. The molecule has 1 unspecified atom stereocenters. The topological polar surface area (TPSA) is 58.6 Å². The van der Waals surface area contributed by atoms with Gasteiger partial charge in [0.25, 0.3) is 0 Å². The van der Waals surface area contributed by atoms with Crippen LogP contribution in [0.15, 0.2) is 36.7 Å². The van der Waals surface area contributed by atoms with Crippen LogP contribution in [0.3, 0.4) is 0 Å². The van der Waals surface area contributed by atoms with Gasteiger partial charge in [-0.2, -0.15) is 0 Å². The molecular formula is C20H24N4O2. The number of carbonyl (C=O) groups is 1. The molecule has 136 valence electrons. The van der Waals surface area contributed by atoms with Crippen LogP contribution in [-0.4, -0.2) is 53.6 Å². The van der Waals surface area contributed by atoms with Gasteiger partial charge in [-0.25, -0.2) is 4.98 Å². The van der Waals surface area contributed by atoms with E-state index in [-0.39, 0.29) is 11.8 Å². The summed E-state index contributed by atoms with van der Waals surface area (Å²) in [6.45, 7) is 5.74. The summed E-state index contributed by atoms with van der Waals surface area (Å²) in [7, 11) is 0.